The molecule has 42 heavy (non-hydrogen) atoms. The number of unbranched alkanes of at least 4 members (excludes halogenated alkanes) is 5. The Kier molecular flexibility index (Phi) is 33.0. The van der Waals surface area contributed by atoms with E-state index in [0.717, 1.165) is 32.5 Å². The second-order valence-corrected chi connectivity index (χ2v) is 9.95. The number of hydrogen-bond acceptors (Lipinski definition) is 11. The maximum atomic E-state index is 5.61. The minimum Gasteiger partial charge on any atom is -0.379 e. The van der Waals surface area contributed by atoms with E-state index in [0.29, 0.717) is 119 Å². The summed E-state index contributed by atoms with van der Waals surface area (Å²) < 4.78 is 60.6. The normalized spacial score (nSPS) is 15.5. The van der Waals surface area contributed by atoms with Crippen LogP contribution in [0.4, 0.5) is 0 Å². The van der Waals surface area contributed by atoms with Crippen molar-refractivity contribution in [1.82, 2.24) is 0 Å². The van der Waals surface area contributed by atoms with E-state index in [4.69, 9.17) is 52.1 Å². The van der Waals surface area contributed by atoms with Crippen molar-refractivity contribution < 1.29 is 52.1 Å². The Labute approximate surface area is 255 Å². The second-order valence-electron chi connectivity index (χ2n) is 9.95. The van der Waals surface area contributed by atoms with Gasteiger partial charge in [0.15, 0.2) is 6.29 Å². The third kappa shape index (κ3) is 31.0. The summed E-state index contributed by atoms with van der Waals surface area (Å²) in [6.07, 6.45) is 10.9. The topological polar surface area (TPSA) is 102 Å². The molecule has 1 rings (SSSR count). The molecule has 0 spiro atoms. The number of rotatable bonds is 35. The molecule has 0 N–H and O–H groups in total. The third-order valence-corrected chi connectivity index (χ3v) is 6.29. The molecule has 1 fully saturated rings. The molecule has 1 saturated heterocycles. The predicted molar refractivity (Wildman–Crippen MR) is 160 cm³/mol. The maximum Gasteiger partial charge on any atom is 0.157 e. The summed E-state index contributed by atoms with van der Waals surface area (Å²) in [6.45, 7) is 13.8. The van der Waals surface area contributed by atoms with Gasteiger partial charge in [-0.15, -0.1) is 0 Å². The summed E-state index contributed by atoms with van der Waals surface area (Å²) in [6, 6.07) is 0. The molecule has 0 saturated carbocycles. The van der Waals surface area contributed by atoms with Crippen LogP contribution in [0.2, 0.25) is 0 Å². The molecule has 0 radical (unpaired) electrons. The van der Waals surface area contributed by atoms with Gasteiger partial charge in [0, 0.05) is 13.2 Å². The van der Waals surface area contributed by atoms with Gasteiger partial charge in [-0.05, 0) is 25.7 Å². The molecule has 0 bridgehead atoms. The van der Waals surface area contributed by atoms with E-state index in [-0.39, 0.29) is 6.29 Å². The minimum atomic E-state index is -0.0599. The van der Waals surface area contributed by atoms with Crippen molar-refractivity contribution in [1.29, 1.82) is 0 Å². The van der Waals surface area contributed by atoms with E-state index < -0.39 is 0 Å². The Morgan fingerprint density at radius 2 is 0.762 bits per heavy atom. The highest BCUT2D eigenvalue weighted by atomic mass is 16.7. The Bertz CT molecular complexity index is 496. The summed E-state index contributed by atoms with van der Waals surface area (Å²) in [5, 5.41) is 0. The van der Waals surface area contributed by atoms with Crippen molar-refractivity contribution >= 4 is 0 Å². The zero-order valence-electron chi connectivity index (χ0n) is 26.6. The summed E-state index contributed by atoms with van der Waals surface area (Å²) in [4.78, 5) is 0. The van der Waals surface area contributed by atoms with Crippen molar-refractivity contribution in [3.05, 3.63) is 0 Å². The van der Waals surface area contributed by atoms with Crippen LogP contribution in [0.3, 0.4) is 0 Å². The lowest BCUT2D eigenvalue weighted by molar-refractivity contribution is -0.169. The van der Waals surface area contributed by atoms with Crippen LogP contribution in [-0.2, 0) is 52.1 Å². The molecule has 11 heteroatoms. The first-order chi connectivity index (χ1) is 20.9. The number of ether oxygens (including phenoxy) is 11. The van der Waals surface area contributed by atoms with Gasteiger partial charge in [-0.2, -0.15) is 0 Å². The maximum absolute atomic E-state index is 5.61. The van der Waals surface area contributed by atoms with E-state index in [1.165, 1.54) is 38.5 Å². The van der Waals surface area contributed by atoms with Crippen molar-refractivity contribution in [2.45, 2.75) is 71.0 Å². The third-order valence-electron chi connectivity index (χ3n) is 6.29. The Hall–Kier alpha value is -0.440. The van der Waals surface area contributed by atoms with Crippen LogP contribution in [0.15, 0.2) is 0 Å². The molecule has 1 aliphatic rings. The highest BCUT2D eigenvalue weighted by Crippen LogP contribution is 2.13. The van der Waals surface area contributed by atoms with Crippen LogP contribution in [-0.4, -0.2) is 138 Å². The molecule has 0 amide bonds. The molecule has 1 unspecified atom stereocenters. The van der Waals surface area contributed by atoms with Gasteiger partial charge in [0.2, 0.25) is 0 Å². The van der Waals surface area contributed by atoms with Gasteiger partial charge in [-0.25, -0.2) is 0 Å². The summed E-state index contributed by atoms with van der Waals surface area (Å²) in [5.41, 5.74) is 0. The van der Waals surface area contributed by atoms with Crippen molar-refractivity contribution in [3.8, 4) is 0 Å². The van der Waals surface area contributed by atoms with E-state index >= 15 is 0 Å². The van der Waals surface area contributed by atoms with Gasteiger partial charge < -0.3 is 52.1 Å². The molecule has 1 aliphatic heterocycles. The average molecular weight is 611 g/mol. The van der Waals surface area contributed by atoms with Crippen molar-refractivity contribution in [2.24, 2.45) is 0 Å². The van der Waals surface area contributed by atoms with E-state index in [1.807, 2.05) is 0 Å². The highest BCUT2D eigenvalue weighted by molar-refractivity contribution is 4.53. The van der Waals surface area contributed by atoms with Crippen LogP contribution in [0.5, 0.6) is 0 Å². The van der Waals surface area contributed by atoms with E-state index in [9.17, 15) is 0 Å². The van der Waals surface area contributed by atoms with Crippen molar-refractivity contribution in [3.63, 3.8) is 0 Å². The largest absolute Gasteiger partial charge is 0.379 e. The van der Waals surface area contributed by atoms with Gasteiger partial charge in [-0.3, -0.25) is 0 Å². The fourth-order valence-corrected chi connectivity index (χ4v) is 3.93. The molecule has 1 atom stereocenters. The predicted octanol–water partition coefficient (Wildman–Crippen LogP) is 4.04. The molecule has 0 aromatic heterocycles. The standard InChI is InChI=1S/C31H62O11/c1-2-3-4-5-6-8-11-32-13-14-33-15-16-34-17-18-35-19-20-36-21-22-37-23-24-38-25-26-39-27-28-40-29-30-42-31-10-7-9-12-41-31/h31H,2-30H2,1H3. The highest BCUT2D eigenvalue weighted by Gasteiger charge is 2.13. The van der Waals surface area contributed by atoms with Gasteiger partial charge in [0.25, 0.3) is 0 Å². The molecule has 1 heterocycles. The van der Waals surface area contributed by atoms with Gasteiger partial charge in [-0.1, -0.05) is 39.0 Å². The molecule has 0 aliphatic carbocycles. The molecular weight excluding hydrogens is 548 g/mol. The Balaban J connectivity index is 1.60. The molecule has 252 valence electrons. The van der Waals surface area contributed by atoms with Gasteiger partial charge >= 0.3 is 0 Å². The molecule has 0 aromatic carbocycles. The smallest absolute Gasteiger partial charge is 0.157 e. The first-order valence-electron chi connectivity index (χ1n) is 16.4. The number of hydrogen-bond donors (Lipinski definition) is 0. The quantitative estimate of drug-likeness (QED) is 0.0972. The summed E-state index contributed by atoms with van der Waals surface area (Å²) >= 11 is 0. The first kappa shape index (κ1) is 39.6. The summed E-state index contributed by atoms with van der Waals surface area (Å²) in [5.74, 6) is 0. The monoisotopic (exact) mass is 610 g/mol. The van der Waals surface area contributed by atoms with Crippen LogP contribution in [0.1, 0.15) is 64.7 Å². The first-order valence-corrected chi connectivity index (χ1v) is 16.4. The van der Waals surface area contributed by atoms with Crippen LogP contribution in [0, 0.1) is 0 Å². The Morgan fingerprint density at radius 1 is 0.405 bits per heavy atom. The van der Waals surface area contributed by atoms with E-state index in [1.54, 1.807) is 0 Å². The fraction of sp³-hybridized carbons (Fsp3) is 1.00. The van der Waals surface area contributed by atoms with Gasteiger partial charge in [0.1, 0.15) is 0 Å². The molecule has 11 nitrogen and oxygen atoms in total. The van der Waals surface area contributed by atoms with Crippen LogP contribution in [0.25, 0.3) is 0 Å². The zero-order chi connectivity index (χ0) is 29.9. The molecular formula is C31H62O11. The van der Waals surface area contributed by atoms with Crippen LogP contribution < -0.4 is 0 Å². The lowest BCUT2D eigenvalue weighted by Crippen LogP contribution is -2.24. The second kappa shape index (κ2) is 35.0. The zero-order valence-corrected chi connectivity index (χ0v) is 26.6. The van der Waals surface area contributed by atoms with Crippen molar-refractivity contribution in [2.75, 3.05) is 132 Å². The van der Waals surface area contributed by atoms with Gasteiger partial charge in [0.05, 0.1) is 119 Å². The Morgan fingerprint density at radius 3 is 1.14 bits per heavy atom. The fourth-order valence-electron chi connectivity index (χ4n) is 3.93. The average Bonchev–Trinajstić information content (AvgIpc) is 3.01. The summed E-state index contributed by atoms with van der Waals surface area (Å²) in [7, 11) is 0. The SMILES string of the molecule is CCCCCCCCOCCOCCOCCOCCOCCOCCOCCOCCOCCOC1CCCCO1. The lowest BCUT2D eigenvalue weighted by Gasteiger charge is -2.22. The lowest BCUT2D eigenvalue weighted by atomic mass is 10.1. The van der Waals surface area contributed by atoms with E-state index in [2.05, 4.69) is 6.92 Å². The molecule has 0 aromatic rings. The minimum absolute atomic E-state index is 0.0599. The van der Waals surface area contributed by atoms with Crippen LogP contribution >= 0.6 is 0 Å².